The van der Waals surface area contributed by atoms with E-state index < -0.39 is 5.60 Å². The molecule has 8 rings (SSSR count). The molecule has 68 heavy (non-hydrogen) atoms. The first-order valence-electron chi connectivity index (χ1n) is 22.2. The molecule has 1 amide bonds. The van der Waals surface area contributed by atoms with Gasteiger partial charge >= 0.3 is 6.09 Å². The number of aliphatic hydroxyl groups excluding tert-OH is 1. The zero-order valence-corrected chi connectivity index (χ0v) is 40.1. The van der Waals surface area contributed by atoms with Crippen LogP contribution in [0.1, 0.15) is 96.2 Å². The maximum absolute atomic E-state index is 12.8. The second-order valence-corrected chi connectivity index (χ2v) is 18.0. The van der Waals surface area contributed by atoms with Gasteiger partial charge in [-0.2, -0.15) is 20.5 Å². The van der Waals surface area contributed by atoms with Crippen LogP contribution in [-0.4, -0.2) is 70.5 Å². The van der Waals surface area contributed by atoms with E-state index in [1.165, 1.54) is 17.2 Å². The number of ether oxygens (including phenoxy) is 1. The Morgan fingerprint density at radius 1 is 0.794 bits per heavy atom. The molecule has 0 saturated heterocycles. The SMILES string of the molecule is C.CC(C)Cn1c(=O)c(C#N)cc2cnc(Nc3ccc4c(c3)CCN(C(=O)OC(C)(C)C)C4)nc21.CC(C)Cn1c(=O)c(C#N)cc2cnc(Nc3ccc4c(c3)CCNC4)nc21.CCO.Cl. The van der Waals surface area contributed by atoms with E-state index in [1.807, 2.05) is 84.9 Å². The number of nitriles is 2. The molecular formula is C50H63ClN12O5. The van der Waals surface area contributed by atoms with Crippen LogP contribution in [0, 0.1) is 34.5 Å². The molecule has 0 bridgehead atoms. The van der Waals surface area contributed by atoms with Crippen molar-refractivity contribution in [1.29, 1.82) is 10.5 Å². The minimum absolute atomic E-state index is 0. The number of hydrogen-bond acceptors (Lipinski definition) is 14. The van der Waals surface area contributed by atoms with Gasteiger partial charge in [0.15, 0.2) is 0 Å². The Hall–Kier alpha value is -6.92. The van der Waals surface area contributed by atoms with Gasteiger partial charge in [0.05, 0.1) is 0 Å². The van der Waals surface area contributed by atoms with E-state index in [1.54, 1.807) is 39.4 Å². The molecule has 6 aromatic rings. The number of carbonyl (C=O) groups is 1. The number of benzene rings is 2. The van der Waals surface area contributed by atoms with E-state index in [9.17, 15) is 24.9 Å². The molecule has 6 heterocycles. The van der Waals surface area contributed by atoms with Gasteiger partial charge in [0.25, 0.3) is 11.1 Å². The van der Waals surface area contributed by atoms with Gasteiger partial charge < -0.3 is 30.7 Å². The van der Waals surface area contributed by atoms with Crippen LogP contribution in [0.25, 0.3) is 22.1 Å². The van der Waals surface area contributed by atoms with Gasteiger partial charge in [0.2, 0.25) is 11.9 Å². The van der Waals surface area contributed by atoms with E-state index in [0.717, 1.165) is 42.0 Å². The monoisotopic (exact) mass is 946 g/mol. The molecule has 0 fully saturated rings. The van der Waals surface area contributed by atoms with Gasteiger partial charge in [-0.05, 0) is 118 Å². The highest BCUT2D eigenvalue weighted by Gasteiger charge is 2.26. The van der Waals surface area contributed by atoms with Crippen LogP contribution in [0.3, 0.4) is 0 Å². The minimum Gasteiger partial charge on any atom is -0.444 e. The van der Waals surface area contributed by atoms with Gasteiger partial charge in [-0.15, -0.1) is 12.4 Å². The lowest BCUT2D eigenvalue weighted by molar-refractivity contribution is 0.0224. The predicted molar refractivity (Wildman–Crippen MR) is 269 cm³/mol. The number of carbonyl (C=O) groups excluding carboxylic acids is 1. The maximum Gasteiger partial charge on any atom is 0.410 e. The van der Waals surface area contributed by atoms with E-state index in [4.69, 9.17) is 9.84 Å². The smallest absolute Gasteiger partial charge is 0.410 e. The molecule has 4 aromatic heterocycles. The van der Waals surface area contributed by atoms with Crippen LogP contribution < -0.4 is 27.1 Å². The van der Waals surface area contributed by atoms with Crippen molar-refractivity contribution in [3.8, 4) is 12.1 Å². The number of aliphatic hydroxyl groups is 1. The molecule has 0 unspecified atom stereocenters. The average molecular weight is 948 g/mol. The van der Waals surface area contributed by atoms with Crippen molar-refractivity contribution in [3.05, 3.63) is 115 Å². The molecule has 0 radical (unpaired) electrons. The minimum atomic E-state index is -0.526. The molecule has 18 heteroatoms. The number of anilines is 4. The topological polar surface area (TPSA) is 229 Å². The molecular weight excluding hydrogens is 884 g/mol. The van der Waals surface area contributed by atoms with Crippen LogP contribution >= 0.6 is 12.4 Å². The standard InChI is InChI=1S/C26H30N6O3.C21H22N6O.C2H6O.CH4.ClH/c1-16(2)14-32-22-20(10-19(12-27)23(32)33)13-28-24(30-22)29-21-7-6-18-15-31(9-8-17(18)11-21)25(34)35-26(3,4)5;1-13(2)12-27-19-17(7-16(9-22)20(27)28)11-24-21(26-19)25-18-4-3-15-10-23-6-5-14(15)8-18;1-2-3;;/h6-7,10-11,13,16H,8-9,14-15H2,1-5H3,(H,28,29,30);3-4,7-8,11,13,23H,5-6,10,12H2,1-2H3,(H,24,25,26);3H,2H2,1H3;1H4;1H. The summed E-state index contributed by atoms with van der Waals surface area (Å²) in [6, 6.07) is 19.2. The Labute approximate surface area is 403 Å². The molecule has 4 N–H and O–H groups in total. The number of halogens is 1. The average Bonchev–Trinajstić information content (AvgIpc) is 3.27. The van der Waals surface area contributed by atoms with Crippen LogP contribution in [0.15, 0.2) is 70.5 Å². The lowest BCUT2D eigenvalue weighted by Gasteiger charge is -2.31. The number of aromatic nitrogens is 6. The largest absolute Gasteiger partial charge is 0.444 e. The van der Waals surface area contributed by atoms with Crippen LogP contribution in [0.5, 0.6) is 0 Å². The summed E-state index contributed by atoms with van der Waals surface area (Å²) in [6.07, 6.45) is 4.69. The highest BCUT2D eigenvalue weighted by atomic mass is 35.5. The molecule has 0 aliphatic carbocycles. The molecule has 17 nitrogen and oxygen atoms in total. The van der Waals surface area contributed by atoms with Crippen molar-refractivity contribution in [3.63, 3.8) is 0 Å². The molecule has 0 atom stereocenters. The number of hydrogen-bond donors (Lipinski definition) is 4. The number of nitrogens with one attached hydrogen (secondary N) is 3. The Kier molecular flexibility index (Phi) is 18.7. The molecule has 0 saturated carbocycles. The molecule has 0 spiro atoms. The summed E-state index contributed by atoms with van der Waals surface area (Å²) >= 11 is 0. The fraction of sp³-hybridized carbons (Fsp3) is 0.420. The fourth-order valence-electron chi connectivity index (χ4n) is 7.59. The summed E-state index contributed by atoms with van der Waals surface area (Å²) in [6.45, 7) is 19.5. The summed E-state index contributed by atoms with van der Waals surface area (Å²) in [5.41, 5.74) is 6.63. The van der Waals surface area contributed by atoms with Gasteiger partial charge in [-0.3, -0.25) is 18.7 Å². The van der Waals surface area contributed by atoms with Crippen molar-refractivity contribution in [2.45, 2.75) is 107 Å². The van der Waals surface area contributed by atoms with Crippen LogP contribution in [0.4, 0.5) is 28.1 Å². The summed E-state index contributed by atoms with van der Waals surface area (Å²) in [5, 5.41) is 37.3. The van der Waals surface area contributed by atoms with Crippen molar-refractivity contribution in [1.82, 2.24) is 39.3 Å². The van der Waals surface area contributed by atoms with Crippen molar-refractivity contribution < 1.29 is 14.6 Å². The molecule has 360 valence electrons. The van der Waals surface area contributed by atoms with Gasteiger partial charge in [0, 0.05) is 73.9 Å². The summed E-state index contributed by atoms with van der Waals surface area (Å²) in [5.74, 6) is 1.25. The number of pyridine rings is 2. The fourth-order valence-corrected chi connectivity index (χ4v) is 7.59. The van der Waals surface area contributed by atoms with Gasteiger partial charge in [-0.25, -0.2) is 14.8 Å². The van der Waals surface area contributed by atoms with E-state index in [0.29, 0.717) is 66.6 Å². The maximum atomic E-state index is 12.8. The zero-order valence-electron chi connectivity index (χ0n) is 39.3. The Balaban J connectivity index is 0.000000278. The Bertz CT molecular complexity index is 2950. The number of amides is 1. The molecule has 2 aliphatic rings. The highest BCUT2D eigenvalue weighted by Crippen LogP contribution is 2.27. The van der Waals surface area contributed by atoms with E-state index in [2.05, 4.69) is 48.0 Å². The number of fused-ring (bicyclic) bond motifs is 4. The highest BCUT2D eigenvalue weighted by molar-refractivity contribution is 5.85. The predicted octanol–water partition coefficient (Wildman–Crippen LogP) is 8.12. The second kappa shape index (κ2) is 23.7. The van der Waals surface area contributed by atoms with Crippen molar-refractivity contribution in [2.24, 2.45) is 11.8 Å². The van der Waals surface area contributed by atoms with Gasteiger partial charge in [-0.1, -0.05) is 47.3 Å². The third-order valence-electron chi connectivity index (χ3n) is 10.5. The first kappa shape index (κ1) is 53.7. The second-order valence-electron chi connectivity index (χ2n) is 18.0. The quantitative estimate of drug-likeness (QED) is 0.113. The summed E-state index contributed by atoms with van der Waals surface area (Å²) < 4.78 is 8.62. The number of rotatable bonds is 8. The normalized spacial score (nSPS) is 12.7. The van der Waals surface area contributed by atoms with Gasteiger partial charge in [0.1, 0.15) is 40.2 Å². The molecule has 2 aromatic carbocycles. The third-order valence-corrected chi connectivity index (χ3v) is 10.5. The first-order chi connectivity index (χ1) is 31.5. The van der Waals surface area contributed by atoms with Crippen molar-refractivity contribution >= 4 is 63.8 Å². The van der Waals surface area contributed by atoms with Crippen LogP contribution in [-0.2, 0) is 43.8 Å². The van der Waals surface area contributed by atoms with Crippen LogP contribution in [0.2, 0.25) is 0 Å². The Morgan fingerprint density at radius 2 is 1.26 bits per heavy atom. The van der Waals surface area contributed by atoms with E-state index in [-0.39, 0.29) is 66.6 Å². The summed E-state index contributed by atoms with van der Waals surface area (Å²) in [4.78, 5) is 57.5. The lowest BCUT2D eigenvalue weighted by atomic mass is 9.99. The van der Waals surface area contributed by atoms with Crippen molar-refractivity contribution in [2.75, 3.05) is 30.3 Å². The summed E-state index contributed by atoms with van der Waals surface area (Å²) in [7, 11) is 0. The third kappa shape index (κ3) is 13.4. The molecule has 2 aliphatic heterocycles. The zero-order chi connectivity index (χ0) is 47.7. The van der Waals surface area contributed by atoms with E-state index >= 15 is 0 Å². The number of nitrogens with zero attached hydrogens (tertiary/aromatic N) is 9. The Morgan fingerprint density at radius 3 is 1.72 bits per heavy atom. The lowest BCUT2D eigenvalue weighted by Crippen LogP contribution is -2.39. The first-order valence-corrected chi connectivity index (χ1v) is 22.2.